The van der Waals surface area contributed by atoms with Gasteiger partial charge in [0.1, 0.15) is 0 Å². The molecule has 12 nitrogen and oxygen atoms in total. The number of unbranched alkanes of at least 4 members (excludes halogenated alkanes) is 2. The number of hydrogen-bond acceptors (Lipinski definition) is 6. The lowest BCUT2D eigenvalue weighted by Gasteiger charge is -2.18. The van der Waals surface area contributed by atoms with Crippen molar-refractivity contribution in [3.05, 3.63) is 75.4 Å². The Morgan fingerprint density at radius 2 is 1.56 bits per heavy atom. The Hall–Kier alpha value is -5.52. The van der Waals surface area contributed by atoms with Crippen LogP contribution < -0.4 is 5.32 Å². The lowest BCUT2D eigenvalue weighted by atomic mass is 9.84. The Bertz CT molecular complexity index is 2160. The number of fused-ring (bicyclic) bond motifs is 8. The van der Waals surface area contributed by atoms with E-state index in [0.29, 0.717) is 60.4 Å². The van der Waals surface area contributed by atoms with Gasteiger partial charge in [-0.25, -0.2) is 9.78 Å². The van der Waals surface area contributed by atoms with Gasteiger partial charge in [-0.05, 0) is 86.9 Å². The van der Waals surface area contributed by atoms with E-state index in [1.165, 1.54) is 0 Å². The fourth-order valence-corrected chi connectivity index (χ4v) is 7.40. The summed E-state index contributed by atoms with van der Waals surface area (Å²) in [5, 5.41) is 32.2. The molecule has 0 fully saturated rings. The van der Waals surface area contributed by atoms with Crippen molar-refractivity contribution < 1.29 is 34.5 Å². The normalized spacial score (nSPS) is 15.5. The third-order valence-electron chi connectivity index (χ3n) is 10.3. The van der Waals surface area contributed by atoms with Crippen LogP contribution in [-0.4, -0.2) is 65.6 Å². The summed E-state index contributed by atoms with van der Waals surface area (Å²) in [6, 6.07) is 5.83. The number of aliphatic carboxylic acids is 3. The summed E-state index contributed by atoms with van der Waals surface area (Å²) in [7, 11) is 0. The van der Waals surface area contributed by atoms with Crippen LogP contribution in [0.15, 0.2) is 24.8 Å². The smallest absolute Gasteiger partial charge is 0.338 e. The monoisotopic (exact) mass is 709 g/mol. The second kappa shape index (κ2) is 15.8. The summed E-state index contributed by atoms with van der Waals surface area (Å²) >= 11 is 0. The molecule has 0 aromatic carbocycles. The van der Waals surface area contributed by atoms with Crippen LogP contribution in [-0.2, 0) is 32.0 Å². The lowest BCUT2D eigenvalue weighted by Crippen LogP contribution is -2.27. The number of carboxylic acids is 3. The fourth-order valence-electron chi connectivity index (χ4n) is 7.40. The number of aromatic amines is 2. The number of carbonyl (C=O) groups is 4. The Morgan fingerprint density at radius 1 is 0.865 bits per heavy atom. The van der Waals surface area contributed by atoms with Crippen molar-refractivity contribution in [2.75, 3.05) is 6.54 Å². The maximum atomic E-state index is 13.6. The highest BCUT2D eigenvalue weighted by atomic mass is 16.4. The zero-order valence-electron chi connectivity index (χ0n) is 30.4. The highest BCUT2D eigenvalue weighted by Gasteiger charge is 2.35. The minimum absolute atomic E-state index is 0.0371. The number of amides is 1. The Kier molecular flexibility index (Phi) is 11.5. The average molecular weight is 710 g/mol. The molecule has 6 N–H and O–H groups in total. The third-order valence-corrected chi connectivity index (χ3v) is 10.3. The number of allylic oxidation sites excluding steroid dienone is 1. The minimum atomic E-state index is -1.20. The van der Waals surface area contributed by atoms with Crippen LogP contribution in [0.5, 0.6) is 0 Å². The van der Waals surface area contributed by atoms with Crippen molar-refractivity contribution >= 4 is 63.1 Å². The van der Waals surface area contributed by atoms with Crippen molar-refractivity contribution in [2.24, 2.45) is 0 Å². The first-order chi connectivity index (χ1) is 24.7. The van der Waals surface area contributed by atoms with Gasteiger partial charge in [-0.1, -0.05) is 32.9 Å². The summed E-state index contributed by atoms with van der Waals surface area (Å²) in [5.74, 6) is -4.12. The summed E-state index contributed by atoms with van der Waals surface area (Å²) < 4.78 is 0. The van der Waals surface area contributed by atoms with Gasteiger partial charge in [0, 0.05) is 70.1 Å². The van der Waals surface area contributed by atoms with E-state index in [4.69, 9.17) is 15.1 Å². The molecule has 0 saturated heterocycles. The molecule has 3 aromatic rings. The van der Waals surface area contributed by atoms with Gasteiger partial charge in [0.25, 0.3) is 0 Å². The number of nitrogens with one attached hydrogen (secondary N) is 3. The third kappa shape index (κ3) is 7.70. The van der Waals surface area contributed by atoms with Crippen LogP contribution in [0.3, 0.4) is 0 Å². The van der Waals surface area contributed by atoms with Crippen molar-refractivity contribution in [3.8, 4) is 0 Å². The SMILES string of the molecule is C=Cc1c(C)c2cc3nc(c(CC(=O)NCCCCCC(=O)O)c4nc(cc5[nH]c(cc1[nH]2)c(C)c5CC)C(C)=C4C(=O)O)[C@@H](CCC(=O)O)[C@@H]3C. The van der Waals surface area contributed by atoms with Gasteiger partial charge in [-0.15, -0.1) is 0 Å². The lowest BCUT2D eigenvalue weighted by molar-refractivity contribution is -0.138. The first-order valence-corrected chi connectivity index (χ1v) is 17.8. The van der Waals surface area contributed by atoms with E-state index in [9.17, 15) is 29.4 Å². The molecule has 12 heteroatoms. The molecule has 52 heavy (non-hydrogen) atoms. The number of nitrogens with zero attached hydrogens (tertiary/aromatic N) is 2. The fraction of sp³-hybridized carbons (Fsp3) is 0.400. The highest BCUT2D eigenvalue weighted by Crippen LogP contribution is 2.43. The quantitative estimate of drug-likeness (QED) is 0.0937. The summed E-state index contributed by atoms with van der Waals surface area (Å²) in [6.07, 6.45) is 4.09. The van der Waals surface area contributed by atoms with Crippen molar-refractivity contribution in [3.63, 3.8) is 0 Å². The van der Waals surface area contributed by atoms with Crippen LogP contribution >= 0.6 is 0 Å². The number of carbonyl (C=O) groups excluding carboxylic acids is 1. The van der Waals surface area contributed by atoms with Crippen LogP contribution in [0.25, 0.3) is 39.3 Å². The molecular formula is C40H47N5O7. The minimum Gasteiger partial charge on any atom is -0.481 e. The molecule has 0 saturated carbocycles. The van der Waals surface area contributed by atoms with E-state index < -0.39 is 23.8 Å². The second-order valence-corrected chi connectivity index (χ2v) is 13.6. The maximum Gasteiger partial charge on any atom is 0.338 e. The molecule has 1 amide bonds. The number of aryl methyl sites for hydroxylation is 3. The molecule has 0 aliphatic carbocycles. The summed E-state index contributed by atoms with van der Waals surface area (Å²) in [5.41, 5.74) is 9.76. The molecule has 274 valence electrons. The van der Waals surface area contributed by atoms with E-state index in [0.717, 1.165) is 44.3 Å². The zero-order valence-corrected chi connectivity index (χ0v) is 30.4. The van der Waals surface area contributed by atoms with Crippen molar-refractivity contribution in [2.45, 2.75) is 97.8 Å². The average Bonchev–Trinajstić information content (AvgIpc) is 3.76. The van der Waals surface area contributed by atoms with E-state index in [2.05, 4.69) is 28.8 Å². The Morgan fingerprint density at radius 3 is 2.21 bits per heavy atom. The van der Waals surface area contributed by atoms with Gasteiger partial charge in [-0.3, -0.25) is 19.4 Å². The molecule has 2 aliphatic rings. The molecule has 0 unspecified atom stereocenters. The molecular weight excluding hydrogens is 662 g/mol. The van der Waals surface area contributed by atoms with Gasteiger partial charge >= 0.3 is 17.9 Å². The second-order valence-electron chi connectivity index (χ2n) is 13.6. The van der Waals surface area contributed by atoms with Gasteiger partial charge in [0.15, 0.2) is 0 Å². The largest absolute Gasteiger partial charge is 0.481 e. The summed E-state index contributed by atoms with van der Waals surface area (Å²) in [4.78, 5) is 66.5. The number of rotatable bonds is 14. The predicted octanol–water partition coefficient (Wildman–Crippen LogP) is 7.21. The Labute approximate surface area is 302 Å². The van der Waals surface area contributed by atoms with Crippen LogP contribution in [0.4, 0.5) is 0 Å². The van der Waals surface area contributed by atoms with Gasteiger partial charge in [0.2, 0.25) is 5.91 Å². The van der Waals surface area contributed by atoms with Gasteiger partial charge in [-0.2, -0.15) is 0 Å². The molecule has 0 radical (unpaired) electrons. The topological polar surface area (TPSA) is 198 Å². The van der Waals surface area contributed by atoms with Gasteiger partial charge in [0.05, 0.1) is 29.1 Å². The number of hydrogen-bond donors (Lipinski definition) is 6. The van der Waals surface area contributed by atoms with Gasteiger partial charge < -0.3 is 30.6 Å². The highest BCUT2D eigenvalue weighted by molar-refractivity contribution is 6.24. The zero-order chi connectivity index (χ0) is 37.9. The number of H-pyrrole nitrogens is 2. The molecule has 2 atom stereocenters. The standard InChI is InChI=1S/C40H47N5O7/c1-7-24-20(3)28-17-30-22(5)26(13-14-36(49)50)38(44-30)27(16-34(46)41-15-11-9-10-12-35(47)48)39-37(40(51)52)23(6)31(45-39)19-33-25(8-2)21(4)29(43-33)18-32(24)42-28/h7,17-19,22,26,42-43H,1,8-16H2,2-6H3,(H,41,46)(H,47,48)(H,49,50)(H,51,52)/t22-,26-/m0/s1. The number of aromatic nitrogens is 4. The molecule has 2 aliphatic heterocycles. The molecule has 5 heterocycles. The molecule has 8 bridgehead atoms. The van der Waals surface area contributed by atoms with Crippen LogP contribution in [0.1, 0.15) is 122 Å². The van der Waals surface area contributed by atoms with Crippen molar-refractivity contribution in [1.82, 2.24) is 25.3 Å². The van der Waals surface area contributed by atoms with E-state index in [1.54, 1.807) is 6.92 Å². The summed E-state index contributed by atoms with van der Waals surface area (Å²) in [6.45, 7) is 14.1. The first-order valence-electron chi connectivity index (χ1n) is 17.8. The molecule has 3 aromatic heterocycles. The molecule has 5 rings (SSSR count). The van der Waals surface area contributed by atoms with Crippen LogP contribution in [0.2, 0.25) is 0 Å². The Balaban J connectivity index is 1.84. The predicted molar refractivity (Wildman–Crippen MR) is 201 cm³/mol. The van der Waals surface area contributed by atoms with E-state index in [-0.39, 0.29) is 48.8 Å². The first kappa shape index (κ1) is 37.7. The van der Waals surface area contributed by atoms with Crippen LogP contribution in [0, 0.1) is 13.8 Å². The molecule has 0 spiro atoms. The number of carboxylic acid groups (broad SMARTS) is 3. The van der Waals surface area contributed by atoms with E-state index in [1.807, 2.05) is 45.0 Å². The van der Waals surface area contributed by atoms with E-state index >= 15 is 0 Å². The maximum absolute atomic E-state index is 13.6. The van der Waals surface area contributed by atoms with Crippen molar-refractivity contribution in [1.29, 1.82) is 0 Å².